The fourth-order valence-corrected chi connectivity index (χ4v) is 7.92. The Morgan fingerprint density at radius 2 is 1.85 bits per heavy atom. The quantitative estimate of drug-likeness (QED) is 0.164. The highest BCUT2D eigenvalue weighted by atomic mass is 35.5. The normalized spacial score (nSPS) is 18.4. The monoisotopic (exact) mass is 752 g/mol. The number of alkyl halides is 3. The highest BCUT2D eigenvalue weighted by molar-refractivity contribution is 6.35. The maximum absolute atomic E-state index is 14.3. The number of fused-ring (bicyclic) bond motifs is 1. The van der Waals surface area contributed by atoms with Gasteiger partial charge in [-0.2, -0.15) is 18.2 Å². The van der Waals surface area contributed by atoms with Crippen molar-refractivity contribution >= 4 is 17.5 Å². The maximum Gasteiger partial charge on any atom is 0.421 e. The number of aromatic nitrogens is 3. The number of pyridine rings is 3. The first-order valence-electron chi connectivity index (χ1n) is 17.4. The molecular weight excluding hydrogens is 713 g/mol. The SMILES string of the molecule is COc1nc(-c2ccnc(-c3cccc4c3CC[C@H]4Oc3nc(OC)c(CNC[C@H](C)O)cc3C(F)(F)F)c2Cl)ccc1CN1CC2(CNC(=O)C2)C1. The molecule has 1 amide bonds. The van der Waals surface area contributed by atoms with Gasteiger partial charge in [0.25, 0.3) is 0 Å². The second kappa shape index (κ2) is 14.7. The number of rotatable bonds is 12. The molecule has 2 fully saturated rings. The number of hydrogen-bond donors (Lipinski definition) is 3. The lowest BCUT2D eigenvalue weighted by atomic mass is 9.79. The van der Waals surface area contributed by atoms with E-state index in [1.54, 1.807) is 26.3 Å². The molecule has 3 aromatic heterocycles. The van der Waals surface area contributed by atoms with E-state index >= 15 is 0 Å². The lowest BCUT2D eigenvalue weighted by Crippen LogP contribution is -2.56. The van der Waals surface area contributed by atoms with Gasteiger partial charge in [-0.05, 0) is 49.1 Å². The van der Waals surface area contributed by atoms with E-state index in [9.17, 15) is 23.1 Å². The number of likely N-dealkylation sites (tertiary alicyclic amines) is 1. The van der Waals surface area contributed by atoms with Crippen molar-refractivity contribution in [2.24, 2.45) is 5.41 Å². The van der Waals surface area contributed by atoms with E-state index in [2.05, 4.69) is 25.5 Å². The second-order valence-corrected chi connectivity index (χ2v) is 14.4. The first-order chi connectivity index (χ1) is 25.4. The molecule has 2 aliphatic heterocycles. The number of carbonyl (C=O) groups excluding carboxylic acids is 1. The Kier molecular flexibility index (Phi) is 10.2. The zero-order valence-corrected chi connectivity index (χ0v) is 30.3. The average molecular weight is 753 g/mol. The van der Waals surface area contributed by atoms with E-state index in [-0.39, 0.29) is 35.9 Å². The summed E-state index contributed by atoms with van der Waals surface area (Å²) < 4.78 is 60.1. The Bertz CT molecular complexity index is 2020. The summed E-state index contributed by atoms with van der Waals surface area (Å²) in [5.41, 5.74) is 4.22. The van der Waals surface area contributed by atoms with Crippen LogP contribution >= 0.6 is 11.6 Å². The van der Waals surface area contributed by atoms with Crippen LogP contribution in [0.15, 0.2) is 48.7 Å². The molecular formula is C38H40ClF3N6O5. The van der Waals surface area contributed by atoms with Crippen molar-refractivity contribution in [2.45, 2.75) is 57.7 Å². The van der Waals surface area contributed by atoms with Gasteiger partial charge in [0.1, 0.15) is 11.7 Å². The number of carbonyl (C=O) groups is 1. The number of benzene rings is 1. The molecule has 280 valence electrons. The van der Waals surface area contributed by atoms with Gasteiger partial charge in [-0.1, -0.05) is 35.9 Å². The molecule has 0 unspecified atom stereocenters. The lowest BCUT2D eigenvalue weighted by Gasteiger charge is -2.47. The van der Waals surface area contributed by atoms with Gasteiger partial charge in [0.2, 0.25) is 23.5 Å². The molecule has 2 atom stereocenters. The molecule has 0 bridgehead atoms. The molecule has 7 rings (SSSR count). The van der Waals surface area contributed by atoms with Crippen LogP contribution in [0.25, 0.3) is 22.5 Å². The molecule has 53 heavy (non-hydrogen) atoms. The van der Waals surface area contributed by atoms with Crippen LogP contribution in [0.4, 0.5) is 13.2 Å². The molecule has 2 saturated heterocycles. The Morgan fingerprint density at radius 3 is 2.55 bits per heavy atom. The number of amides is 1. The fraction of sp³-hybridized carbons (Fsp3) is 0.421. The molecule has 4 aromatic rings. The summed E-state index contributed by atoms with van der Waals surface area (Å²) in [7, 11) is 2.91. The van der Waals surface area contributed by atoms with Gasteiger partial charge in [0.15, 0.2) is 0 Å². The van der Waals surface area contributed by atoms with Crippen LogP contribution in [-0.4, -0.2) is 77.4 Å². The standard InChI is InChI=1S/C38H40ClF3N6O5/c1-21(49)15-43-16-23-13-28(38(40,41)42)36(47-35(23)52-3)53-30-10-8-24-25(30)5-4-6-26(24)33-32(39)27(11-12-44-33)29-9-7-22(34(46-29)51-2)17-48-19-37(20-48)14-31(50)45-18-37/h4-7,9,11-13,21,30,43,49H,8,10,14-20H2,1-3H3,(H,45,50)/t21-,30+/m0/s1. The van der Waals surface area contributed by atoms with Gasteiger partial charge in [-0.15, -0.1) is 0 Å². The lowest BCUT2D eigenvalue weighted by molar-refractivity contribution is -0.139. The Labute approximate surface area is 309 Å². The van der Waals surface area contributed by atoms with Crippen LogP contribution in [0.1, 0.15) is 53.7 Å². The van der Waals surface area contributed by atoms with E-state index in [0.29, 0.717) is 60.2 Å². The summed E-state index contributed by atoms with van der Waals surface area (Å²) >= 11 is 7.07. The fourth-order valence-electron chi connectivity index (χ4n) is 7.61. The molecule has 3 N–H and O–H groups in total. The highest BCUT2D eigenvalue weighted by Gasteiger charge is 2.48. The Morgan fingerprint density at radius 1 is 1.08 bits per heavy atom. The zero-order chi connectivity index (χ0) is 37.5. The largest absolute Gasteiger partial charge is 0.481 e. The van der Waals surface area contributed by atoms with Crippen molar-refractivity contribution in [3.05, 3.63) is 81.5 Å². The number of ether oxygens (including phenoxy) is 3. The van der Waals surface area contributed by atoms with Gasteiger partial charge in [0, 0.05) is 79.6 Å². The minimum Gasteiger partial charge on any atom is -0.481 e. The zero-order valence-electron chi connectivity index (χ0n) is 29.5. The number of hydrogen-bond acceptors (Lipinski definition) is 10. The molecule has 0 saturated carbocycles. The minimum absolute atomic E-state index is 0.00242. The van der Waals surface area contributed by atoms with Crippen LogP contribution in [0, 0.1) is 5.41 Å². The van der Waals surface area contributed by atoms with Crippen molar-refractivity contribution in [3.8, 4) is 40.2 Å². The van der Waals surface area contributed by atoms with E-state index in [1.165, 1.54) is 7.11 Å². The summed E-state index contributed by atoms with van der Waals surface area (Å²) in [4.78, 5) is 27.6. The van der Waals surface area contributed by atoms with Crippen molar-refractivity contribution in [1.29, 1.82) is 0 Å². The summed E-state index contributed by atoms with van der Waals surface area (Å²) in [6.07, 6.45) is -2.99. The number of methoxy groups -OCH3 is 2. The van der Waals surface area contributed by atoms with Crippen LogP contribution in [0.2, 0.25) is 5.02 Å². The number of aliphatic hydroxyl groups excluding tert-OH is 1. The van der Waals surface area contributed by atoms with Crippen molar-refractivity contribution < 1.29 is 37.3 Å². The van der Waals surface area contributed by atoms with E-state index in [0.717, 1.165) is 41.4 Å². The molecule has 5 heterocycles. The topological polar surface area (TPSA) is 131 Å². The van der Waals surface area contributed by atoms with Crippen molar-refractivity contribution in [2.75, 3.05) is 40.4 Å². The Hall–Kier alpha value is -4.50. The summed E-state index contributed by atoms with van der Waals surface area (Å²) in [6.45, 7) is 4.78. The number of aliphatic hydroxyl groups is 1. The molecule has 1 aromatic carbocycles. The van der Waals surface area contributed by atoms with Crippen LogP contribution in [0.3, 0.4) is 0 Å². The first kappa shape index (κ1) is 36.8. The van der Waals surface area contributed by atoms with Crippen LogP contribution < -0.4 is 24.8 Å². The molecule has 1 spiro atoms. The second-order valence-electron chi connectivity index (χ2n) is 14.0. The third-order valence-electron chi connectivity index (χ3n) is 10.0. The average Bonchev–Trinajstić information content (AvgIpc) is 3.71. The van der Waals surface area contributed by atoms with Crippen molar-refractivity contribution in [3.63, 3.8) is 0 Å². The third-order valence-corrected chi connectivity index (χ3v) is 10.4. The predicted octanol–water partition coefficient (Wildman–Crippen LogP) is 5.75. The molecule has 15 heteroatoms. The predicted molar refractivity (Wildman–Crippen MR) is 191 cm³/mol. The first-order valence-corrected chi connectivity index (χ1v) is 17.8. The number of halogens is 4. The Balaban J connectivity index is 1.13. The third kappa shape index (κ3) is 7.50. The van der Waals surface area contributed by atoms with Crippen LogP contribution in [0.5, 0.6) is 17.6 Å². The molecule has 11 nitrogen and oxygen atoms in total. The summed E-state index contributed by atoms with van der Waals surface area (Å²) in [5, 5.41) is 15.8. The maximum atomic E-state index is 14.3. The van der Waals surface area contributed by atoms with Gasteiger partial charge < -0.3 is 30.0 Å². The number of nitrogens with one attached hydrogen (secondary N) is 2. The van der Waals surface area contributed by atoms with Crippen molar-refractivity contribution in [1.82, 2.24) is 30.5 Å². The van der Waals surface area contributed by atoms with Gasteiger partial charge in [-0.3, -0.25) is 14.7 Å². The van der Waals surface area contributed by atoms with E-state index in [1.807, 2.05) is 30.3 Å². The van der Waals surface area contributed by atoms with Crippen LogP contribution in [-0.2, 0) is 30.5 Å². The highest BCUT2D eigenvalue weighted by Crippen LogP contribution is 2.46. The smallest absolute Gasteiger partial charge is 0.421 e. The molecule has 3 aliphatic rings. The number of nitrogens with zero attached hydrogens (tertiary/aromatic N) is 4. The van der Waals surface area contributed by atoms with E-state index in [4.69, 9.17) is 30.8 Å². The molecule has 0 radical (unpaired) electrons. The van der Waals surface area contributed by atoms with E-state index < -0.39 is 29.8 Å². The summed E-state index contributed by atoms with van der Waals surface area (Å²) in [6, 6.07) is 12.2. The molecule has 1 aliphatic carbocycles. The van der Waals surface area contributed by atoms with Gasteiger partial charge >= 0.3 is 6.18 Å². The van der Waals surface area contributed by atoms with Gasteiger partial charge in [-0.25, -0.2) is 4.98 Å². The van der Waals surface area contributed by atoms with Gasteiger partial charge in [0.05, 0.1) is 36.7 Å². The summed E-state index contributed by atoms with van der Waals surface area (Å²) in [5.74, 6) is 0.00991. The minimum atomic E-state index is -4.74.